The quantitative estimate of drug-likeness (QED) is 0.682. The van der Waals surface area contributed by atoms with Gasteiger partial charge in [-0.1, -0.05) is 13.8 Å². The summed E-state index contributed by atoms with van der Waals surface area (Å²) in [5.41, 5.74) is 0. The van der Waals surface area contributed by atoms with Crippen molar-refractivity contribution in [1.29, 1.82) is 0 Å². The normalized spacial score (nSPS) is 21.1. The van der Waals surface area contributed by atoms with Gasteiger partial charge in [-0.15, -0.1) is 0 Å². The van der Waals surface area contributed by atoms with Crippen molar-refractivity contribution >= 4 is 10.1 Å². The molecule has 15 heavy (non-hydrogen) atoms. The summed E-state index contributed by atoms with van der Waals surface area (Å²) in [6.07, 6.45) is 2.61. The zero-order chi connectivity index (χ0) is 11.5. The zero-order valence-electron chi connectivity index (χ0n) is 9.69. The van der Waals surface area contributed by atoms with Crippen molar-refractivity contribution in [2.75, 3.05) is 25.9 Å². The lowest BCUT2D eigenvalue weighted by molar-refractivity contribution is 0.109. The van der Waals surface area contributed by atoms with Gasteiger partial charge in [-0.25, -0.2) is 0 Å². The van der Waals surface area contributed by atoms with E-state index in [2.05, 4.69) is 18.7 Å². The van der Waals surface area contributed by atoms with Crippen molar-refractivity contribution in [3.63, 3.8) is 0 Å². The van der Waals surface area contributed by atoms with Gasteiger partial charge in [-0.3, -0.25) is 4.18 Å². The van der Waals surface area contributed by atoms with Gasteiger partial charge in [0.05, 0.1) is 12.4 Å². The third-order valence-corrected chi connectivity index (χ3v) is 3.01. The van der Waals surface area contributed by atoms with E-state index in [9.17, 15) is 8.42 Å². The van der Waals surface area contributed by atoms with Gasteiger partial charge in [0.25, 0.3) is 10.1 Å². The van der Waals surface area contributed by atoms with Gasteiger partial charge in [0.1, 0.15) is 0 Å². The predicted molar refractivity (Wildman–Crippen MR) is 60.0 cm³/mol. The third-order valence-electron chi connectivity index (χ3n) is 2.39. The lowest BCUT2D eigenvalue weighted by Crippen LogP contribution is -2.39. The molecule has 1 radical (unpaired) electrons. The molecule has 0 N–H and O–H groups in total. The topological polar surface area (TPSA) is 46.6 Å². The van der Waals surface area contributed by atoms with Crippen LogP contribution in [0, 0.1) is 5.92 Å². The Kier molecular flexibility index (Phi) is 4.55. The molecule has 0 aromatic carbocycles. The van der Waals surface area contributed by atoms with E-state index in [0.717, 1.165) is 38.7 Å². The van der Waals surface area contributed by atoms with Crippen molar-refractivity contribution in [3.05, 3.63) is 5.92 Å². The lowest BCUT2D eigenvalue weighted by Gasteiger charge is -2.32. The van der Waals surface area contributed by atoms with E-state index >= 15 is 0 Å². The first-order valence-electron chi connectivity index (χ1n) is 5.26. The average Bonchev–Trinajstić information content (AvgIpc) is 2.05. The Morgan fingerprint density at radius 3 is 2.27 bits per heavy atom. The summed E-state index contributed by atoms with van der Waals surface area (Å²) in [5.74, 6) is 1.39. The second-order valence-electron chi connectivity index (χ2n) is 4.48. The molecule has 0 unspecified atom stereocenters. The average molecular weight is 234 g/mol. The number of nitrogens with zero attached hydrogens (tertiary/aromatic N) is 1. The molecule has 0 aromatic heterocycles. The van der Waals surface area contributed by atoms with Gasteiger partial charge in [-0.05, 0) is 18.8 Å². The lowest BCUT2D eigenvalue weighted by atomic mass is 10.1. The van der Waals surface area contributed by atoms with Crippen molar-refractivity contribution in [3.8, 4) is 0 Å². The maximum absolute atomic E-state index is 10.9. The molecule has 1 rings (SSSR count). The van der Waals surface area contributed by atoms with Crippen LogP contribution in [0.3, 0.4) is 0 Å². The standard InChI is InChI=1S/C10H20NO3S/c1-9(2)8-11-6-4-10(5-7-11)14-15(3,12)13/h10H,4-8H2,1-3H3. The molecule has 1 aliphatic heterocycles. The Morgan fingerprint density at radius 1 is 1.33 bits per heavy atom. The maximum Gasteiger partial charge on any atom is 0.264 e. The summed E-state index contributed by atoms with van der Waals surface area (Å²) in [7, 11) is -3.29. The van der Waals surface area contributed by atoms with E-state index in [4.69, 9.17) is 4.18 Å². The molecule has 0 amide bonds. The summed E-state index contributed by atoms with van der Waals surface area (Å²) in [4.78, 5) is 2.33. The molecule has 0 aliphatic carbocycles. The molecule has 5 heteroatoms. The summed E-state index contributed by atoms with van der Waals surface area (Å²) < 4.78 is 26.8. The van der Waals surface area contributed by atoms with Crippen LogP contribution in [0.2, 0.25) is 0 Å². The third kappa shape index (κ3) is 5.49. The minimum absolute atomic E-state index is 0.117. The van der Waals surface area contributed by atoms with E-state index in [-0.39, 0.29) is 6.10 Å². The van der Waals surface area contributed by atoms with Crippen molar-refractivity contribution in [1.82, 2.24) is 4.90 Å². The number of hydrogen-bond donors (Lipinski definition) is 0. The fourth-order valence-corrected chi connectivity index (χ4v) is 2.54. The molecule has 0 aromatic rings. The summed E-state index contributed by atoms with van der Waals surface area (Å²) >= 11 is 0. The molecule has 1 fully saturated rings. The van der Waals surface area contributed by atoms with Crippen LogP contribution in [0.1, 0.15) is 26.7 Å². The minimum atomic E-state index is -3.29. The number of hydrogen-bond acceptors (Lipinski definition) is 4. The Balaban J connectivity index is 2.30. The monoisotopic (exact) mass is 234 g/mol. The first-order valence-corrected chi connectivity index (χ1v) is 7.08. The number of likely N-dealkylation sites (tertiary alicyclic amines) is 1. The van der Waals surface area contributed by atoms with E-state index in [1.54, 1.807) is 0 Å². The highest BCUT2D eigenvalue weighted by Gasteiger charge is 2.22. The van der Waals surface area contributed by atoms with Gasteiger partial charge in [-0.2, -0.15) is 8.42 Å². The molecule has 0 atom stereocenters. The molecule has 0 bridgehead atoms. The van der Waals surface area contributed by atoms with E-state index in [1.807, 2.05) is 0 Å². The smallest absolute Gasteiger partial charge is 0.264 e. The molecule has 0 spiro atoms. The highest BCUT2D eigenvalue weighted by atomic mass is 32.2. The van der Waals surface area contributed by atoms with Crippen LogP contribution in [-0.2, 0) is 14.3 Å². The fourth-order valence-electron chi connectivity index (χ4n) is 1.86. The highest BCUT2D eigenvalue weighted by molar-refractivity contribution is 7.86. The Labute approximate surface area is 92.7 Å². The van der Waals surface area contributed by atoms with Gasteiger partial charge in [0.15, 0.2) is 0 Å². The van der Waals surface area contributed by atoms with Crippen LogP contribution in [0.5, 0.6) is 0 Å². The van der Waals surface area contributed by atoms with Crippen molar-refractivity contribution in [2.45, 2.75) is 32.8 Å². The molecule has 1 heterocycles. The van der Waals surface area contributed by atoms with Crippen LogP contribution in [-0.4, -0.2) is 45.3 Å². The second-order valence-corrected chi connectivity index (χ2v) is 6.08. The summed E-state index contributed by atoms with van der Waals surface area (Å²) in [6, 6.07) is 0. The maximum atomic E-state index is 10.9. The van der Waals surface area contributed by atoms with E-state index in [1.165, 1.54) is 5.92 Å². The molecule has 89 valence electrons. The van der Waals surface area contributed by atoms with Crippen LogP contribution < -0.4 is 0 Å². The van der Waals surface area contributed by atoms with Crippen LogP contribution >= 0.6 is 0 Å². The van der Waals surface area contributed by atoms with Gasteiger partial charge in [0, 0.05) is 19.6 Å². The Bertz CT molecular complexity index is 279. The van der Waals surface area contributed by atoms with Gasteiger partial charge >= 0.3 is 0 Å². The zero-order valence-corrected chi connectivity index (χ0v) is 10.5. The minimum Gasteiger partial charge on any atom is -0.303 e. The number of rotatable bonds is 4. The first kappa shape index (κ1) is 12.9. The van der Waals surface area contributed by atoms with Gasteiger partial charge < -0.3 is 4.90 Å². The number of piperidine rings is 1. The van der Waals surface area contributed by atoms with Gasteiger partial charge in [0.2, 0.25) is 0 Å². The summed E-state index contributed by atoms with van der Waals surface area (Å²) in [6.45, 7) is 7.07. The molecule has 4 nitrogen and oxygen atoms in total. The highest BCUT2D eigenvalue weighted by Crippen LogP contribution is 2.16. The van der Waals surface area contributed by atoms with Crippen molar-refractivity contribution < 1.29 is 12.6 Å². The molecule has 0 saturated carbocycles. The molecular formula is C10H20NO3S. The predicted octanol–water partition coefficient (Wildman–Crippen LogP) is 1.04. The Hall–Kier alpha value is -0.130. The van der Waals surface area contributed by atoms with E-state index in [0.29, 0.717) is 0 Å². The SMILES string of the molecule is C[C](C)CN1CCC(OS(C)(=O)=O)CC1. The molecule has 1 saturated heterocycles. The summed E-state index contributed by atoms with van der Waals surface area (Å²) in [5, 5.41) is 0. The fraction of sp³-hybridized carbons (Fsp3) is 0.900. The van der Waals surface area contributed by atoms with E-state index < -0.39 is 10.1 Å². The Morgan fingerprint density at radius 2 is 1.87 bits per heavy atom. The molecule has 1 aliphatic rings. The van der Waals surface area contributed by atoms with Crippen LogP contribution in [0.25, 0.3) is 0 Å². The first-order chi connectivity index (χ1) is 6.87. The van der Waals surface area contributed by atoms with Crippen molar-refractivity contribution in [2.24, 2.45) is 0 Å². The molecular weight excluding hydrogens is 214 g/mol. The second kappa shape index (κ2) is 5.27. The van der Waals surface area contributed by atoms with Crippen LogP contribution in [0.15, 0.2) is 0 Å². The largest absolute Gasteiger partial charge is 0.303 e. The van der Waals surface area contributed by atoms with Crippen LogP contribution in [0.4, 0.5) is 0 Å².